The lowest BCUT2D eigenvalue weighted by atomic mass is 9.92. The van der Waals surface area contributed by atoms with E-state index in [2.05, 4.69) is 4.90 Å². The zero-order valence-electron chi connectivity index (χ0n) is 18.7. The van der Waals surface area contributed by atoms with Gasteiger partial charge in [-0.1, -0.05) is 35.9 Å². The smallest absolute Gasteiger partial charge is 0.309 e. The number of methoxy groups -OCH3 is 1. The summed E-state index contributed by atoms with van der Waals surface area (Å²) < 4.78 is 24.7. The first kappa shape index (κ1) is 24.6. The number of benzene rings is 2. The van der Waals surface area contributed by atoms with Crippen LogP contribution in [0.4, 0.5) is 4.39 Å². The zero-order chi connectivity index (χ0) is 23.1. The molecule has 0 amide bonds. The van der Waals surface area contributed by atoms with Gasteiger partial charge in [0.2, 0.25) is 0 Å². The summed E-state index contributed by atoms with van der Waals surface area (Å²) >= 11 is 6.01. The highest BCUT2D eigenvalue weighted by atomic mass is 35.5. The monoisotopic (exact) mass is 462 g/mol. The quantitative estimate of drug-likeness (QED) is 0.504. The molecule has 7 heteroatoms. The third kappa shape index (κ3) is 6.75. The Morgan fingerprint density at radius 3 is 2.62 bits per heavy atom. The average molecular weight is 463 g/mol. The van der Waals surface area contributed by atoms with E-state index < -0.39 is 0 Å². The third-order valence-corrected chi connectivity index (χ3v) is 6.18. The van der Waals surface area contributed by atoms with Gasteiger partial charge in [-0.15, -0.1) is 0 Å². The van der Waals surface area contributed by atoms with Crippen LogP contribution < -0.4 is 5.73 Å². The van der Waals surface area contributed by atoms with Gasteiger partial charge < -0.3 is 15.2 Å². The van der Waals surface area contributed by atoms with Gasteiger partial charge in [0.1, 0.15) is 5.82 Å². The largest absolute Gasteiger partial charge is 0.466 e. The van der Waals surface area contributed by atoms with E-state index in [0.717, 1.165) is 37.2 Å². The Hall–Kier alpha value is -1.99. The lowest BCUT2D eigenvalue weighted by Gasteiger charge is -2.38. The Kier molecular flexibility index (Phi) is 9.05. The zero-order valence-corrected chi connectivity index (χ0v) is 19.5. The van der Waals surface area contributed by atoms with Crippen molar-refractivity contribution in [2.24, 2.45) is 11.7 Å². The first-order chi connectivity index (χ1) is 15.4. The van der Waals surface area contributed by atoms with Crippen molar-refractivity contribution in [2.45, 2.75) is 38.3 Å². The lowest BCUT2D eigenvalue weighted by Crippen LogP contribution is -2.52. The van der Waals surface area contributed by atoms with E-state index in [1.807, 2.05) is 31.2 Å². The van der Waals surface area contributed by atoms with Gasteiger partial charge in [-0.3, -0.25) is 9.69 Å². The number of nitrogens with two attached hydrogens (primary N) is 1. The Bertz CT molecular complexity index is 887. The maximum atomic E-state index is 14.1. The fourth-order valence-corrected chi connectivity index (χ4v) is 4.25. The number of ether oxygens (including phenoxy) is 2. The highest BCUT2D eigenvalue weighted by molar-refractivity contribution is 6.30. The molecule has 2 atom stereocenters. The lowest BCUT2D eigenvalue weighted by molar-refractivity contribution is -0.149. The molecule has 5 nitrogen and oxygen atoms in total. The van der Waals surface area contributed by atoms with Crippen LogP contribution in [0.15, 0.2) is 42.5 Å². The molecule has 1 aliphatic rings. The van der Waals surface area contributed by atoms with E-state index in [4.69, 9.17) is 26.8 Å². The molecule has 0 saturated carbocycles. The van der Waals surface area contributed by atoms with Gasteiger partial charge >= 0.3 is 5.97 Å². The minimum Gasteiger partial charge on any atom is -0.466 e. The second-order valence-corrected chi connectivity index (χ2v) is 8.81. The number of halogens is 2. The first-order valence-corrected chi connectivity index (χ1v) is 11.5. The number of hydrogen-bond acceptors (Lipinski definition) is 5. The second-order valence-electron chi connectivity index (χ2n) is 8.38. The maximum Gasteiger partial charge on any atom is 0.309 e. The number of rotatable bonds is 11. The van der Waals surface area contributed by atoms with E-state index in [1.165, 1.54) is 12.1 Å². The Morgan fingerprint density at radius 1 is 1.25 bits per heavy atom. The van der Waals surface area contributed by atoms with Crippen molar-refractivity contribution in [2.75, 3.05) is 33.4 Å². The van der Waals surface area contributed by atoms with Crippen molar-refractivity contribution in [1.82, 2.24) is 4.90 Å². The summed E-state index contributed by atoms with van der Waals surface area (Å²) in [5, 5.41) is 0.494. The molecule has 0 spiro atoms. The van der Waals surface area contributed by atoms with Crippen molar-refractivity contribution in [3.8, 4) is 11.1 Å². The molecule has 0 radical (unpaired) electrons. The molecular formula is C25H32ClFN2O3. The molecule has 1 fully saturated rings. The van der Waals surface area contributed by atoms with Gasteiger partial charge in [0.05, 0.1) is 18.6 Å². The van der Waals surface area contributed by atoms with Crippen LogP contribution in [0.2, 0.25) is 5.02 Å². The fourth-order valence-electron chi connectivity index (χ4n) is 4.08. The van der Waals surface area contributed by atoms with Gasteiger partial charge in [-0.05, 0) is 62.1 Å². The molecule has 32 heavy (non-hydrogen) atoms. The first-order valence-electron chi connectivity index (χ1n) is 11.1. The molecule has 2 aromatic rings. The molecular weight excluding hydrogens is 431 g/mol. The second kappa shape index (κ2) is 11.8. The predicted octanol–water partition coefficient (Wildman–Crippen LogP) is 4.31. The molecule has 0 bridgehead atoms. The van der Waals surface area contributed by atoms with Gasteiger partial charge in [0.15, 0.2) is 0 Å². The van der Waals surface area contributed by atoms with Crippen LogP contribution in [0.3, 0.4) is 0 Å². The average Bonchev–Trinajstić information content (AvgIpc) is 2.74. The molecule has 2 N–H and O–H groups in total. The van der Waals surface area contributed by atoms with Crippen LogP contribution in [-0.2, 0) is 20.7 Å². The van der Waals surface area contributed by atoms with E-state index in [-0.39, 0.29) is 23.7 Å². The molecule has 1 saturated heterocycles. The molecule has 1 heterocycles. The number of carbonyl (C=O) groups excluding carboxylic acids is 1. The number of esters is 1. The number of likely N-dealkylation sites (tertiary alicyclic amines) is 1. The van der Waals surface area contributed by atoms with E-state index >= 15 is 0 Å². The molecule has 0 aliphatic carbocycles. The van der Waals surface area contributed by atoms with Gasteiger partial charge in [-0.2, -0.15) is 0 Å². The van der Waals surface area contributed by atoms with Crippen LogP contribution in [0.5, 0.6) is 0 Å². The molecule has 174 valence electrons. The molecule has 1 aliphatic heterocycles. The molecule has 3 rings (SSSR count). The Morgan fingerprint density at radius 2 is 1.97 bits per heavy atom. The van der Waals surface area contributed by atoms with Crippen LogP contribution >= 0.6 is 11.6 Å². The highest BCUT2D eigenvalue weighted by Gasteiger charge is 2.29. The predicted molar refractivity (Wildman–Crippen MR) is 125 cm³/mol. The summed E-state index contributed by atoms with van der Waals surface area (Å²) in [6.45, 7) is 4.81. The molecule has 2 aromatic carbocycles. The standard InChI is InChI=1S/C25H32ClFN2O3/c1-3-32-25(30)19(10-11-29-15-22(16-29)31-2)13-21(28)12-17-4-6-18(7-5-17)23-14-20(26)8-9-24(23)27/h4-9,14,19,21-22H,3,10-13,15-16,28H2,1-2H3/t19-,21-/m1/s1. The minimum atomic E-state index is -0.310. The summed E-state index contributed by atoms with van der Waals surface area (Å²) in [7, 11) is 1.72. The number of carbonyl (C=O) groups is 1. The minimum absolute atomic E-state index is 0.179. The van der Waals surface area contributed by atoms with Gasteiger partial charge in [0, 0.05) is 36.8 Å². The summed E-state index contributed by atoms with van der Waals surface area (Å²) in [6, 6.07) is 12.0. The third-order valence-electron chi connectivity index (χ3n) is 5.95. The highest BCUT2D eigenvalue weighted by Crippen LogP contribution is 2.27. The van der Waals surface area contributed by atoms with Gasteiger partial charge in [-0.25, -0.2) is 4.39 Å². The van der Waals surface area contributed by atoms with Crippen LogP contribution in [0, 0.1) is 11.7 Å². The summed E-state index contributed by atoms with van der Waals surface area (Å²) in [5.41, 5.74) is 8.68. The number of hydrogen-bond donors (Lipinski definition) is 1. The summed E-state index contributed by atoms with van der Waals surface area (Å²) in [4.78, 5) is 14.7. The number of nitrogens with zero attached hydrogens (tertiary/aromatic N) is 1. The van der Waals surface area contributed by atoms with Gasteiger partial charge in [0.25, 0.3) is 0 Å². The molecule has 0 aromatic heterocycles. The normalized spacial score (nSPS) is 16.4. The SMILES string of the molecule is CCOC(=O)[C@H](CCN1CC(OC)C1)C[C@H](N)Cc1ccc(-c2cc(Cl)ccc2F)cc1. The van der Waals surface area contributed by atoms with Crippen molar-refractivity contribution in [1.29, 1.82) is 0 Å². The summed E-state index contributed by atoms with van der Waals surface area (Å²) in [6.07, 6.45) is 2.20. The van der Waals surface area contributed by atoms with Crippen molar-refractivity contribution < 1.29 is 18.7 Å². The maximum absolute atomic E-state index is 14.1. The Labute approximate surface area is 194 Å². The van der Waals surface area contributed by atoms with Crippen molar-refractivity contribution in [3.05, 3.63) is 58.9 Å². The van der Waals surface area contributed by atoms with Crippen molar-refractivity contribution >= 4 is 17.6 Å². The Balaban J connectivity index is 1.56. The van der Waals surface area contributed by atoms with Crippen LogP contribution in [0.25, 0.3) is 11.1 Å². The topological polar surface area (TPSA) is 64.8 Å². The molecule has 0 unspecified atom stereocenters. The van der Waals surface area contributed by atoms with Crippen LogP contribution in [-0.4, -0.2) is 56.4 Å². The van der Waals surface area contributed by atoms with E-state index in [9.17, 15) is 9.18 Å². The summed E-state index contributed by atoms with van der Waals surface area (Å²) in [5.74, 6) is -0.722. The van der Waals surface area contributed by atoms with E-state index in [1.54, 1.807) is 13.2 Å². The van der Waals surface area contributed by atoms with Crippen molar-refractivity contribution in [3.63, 3.8) is 0 Å². The fraction of sp³-hybridized carbons (Fsp3) is 0.480. The van der Waals surface area contributed by atoms with Crippen LogP contribution in [0.1, 0.15) is 25.3 Å². The van der Waals surface area contributed by atoms with E-state index in [0.29, 0.717) is 36.1 Å².